The summed E-state index contributed by atoms with van der Waals surface area (Å²) in [5, 5.41) is 1.65. The highest BCUT2D eigenvalue weighted by Crippen LogP contribution is 2.18. The van der Waals surface area contributed by atoms with Gasteiger partial charge in [-0.2, -0.15) is 0 Å². The SMILES string of the molecule is CCOC(CN)CCSc1ccc(Cl)cn1. The van der Waals surface area contributed by atoms with Gasteiger partial charge in [-0.1, -0.05) is 11.6 Å². The summed E-state index contributed by atoms with van der Waals surface area (Å²) in [7, 11) is 0. The smallest absolute Gasteiger partial charge is 0.0960 e. The van der Waals surface area contributed by atoms with Gasteiger partial charge >= 0.3 is 0 Å². The maximum atomic E-state index is 5.75. The molecule has 0 spiro atoms. The minimum absolute atomic E-state index is 0.157. The summed E-state index contributed by atoms with van der Waals surface area (Å²) in [6, 6.07) is 3.77. The molecule has 0 fully saturated rings. The Morgan fingerprint density at radius 2 is 2.38 bits per heavy atom. The molecule has 0 aromatic carbocycles. The van der Waals surface area contributed by atoms with Gasteiger partial charge in [0.2, 0.25) is 0 Å². The minimum Gasteiger partial charge on any atom is -0.377 e. The van der Waals surface area contributed by atoms with Crippen molar-refractivity contribution >= 4 is 23.4 Å². The quantitative estimate of drug-likeness (QED) is 0.766. The van der Waals surface area contributed by atoms with Gasteiger partial charge in [0, 0.05) is 25.1 Å². The summed E-state index contributed by atoms with van der Waals surface area (Å²) in [6.45, 7) is 3.27. The molecule has 1 aromatic heterocycles. The first-order valence-corrected chi connectivity index (χ1v) is 6.68. The van der Waals surface area contributed by atoms with Crippen molar-refractivity contribution in [2.45, 2.75) is 24.5 Å². The van der Waals surface area contributed by atoms with E-state index in [1.54, 1.807) is 18.0 Å². The van der Waals surface area contributed by atoms with E-state index in [0.29, 0.717) is 18.2 Å². The molecule has 90 valence electrons. The molecule has 0 bridgehead atoms. The Hall–Kier alpha value is -0.290. The molecule has 3 nitrogen and oxygen atoms in total. The third-order valence-electron chi connectivity index (χ3n) is 2.06. The molecule has 2 N–H and O–H groups in total. The Kier molecular flexibility index (Phi) is 6.80. The first-order chi connectivity index (χ1) is 7.76. The standard InChI is InChI=1S/C11H17ClN2OS/c1-2-15-10(7-13)5-6-16-11-4-3-9(12)8-14-11/h3-4,8,10H,2,5-7,13H2,1H3. The Morgan fingerprint density at radius 1 is 1.56 bits per heavy atom. The number of pyridine rings is 1. The van der Waals surface area contributed by atoms with Crippen molar-refractivity contribution in [2.75, 3.05) is 18.9 Å². The van der Waals surface area contributed by atoms with Crippen LogP contribution in [0.25, 0.3) is 0 Å². The van der Waals surface area contributed by atoms with Gasteiger partial charge in [0.1, 0.15) is 0 Å². The van der Waals surface area contributed by atoms with Crippen molar-refractivity contribution in [1.29, 1.82) is 0 Å². The van der Waals surface area contributed by atoms with Crippen molar-refractivity contribution in [3.63, 3.8) is 0 Å². The molecule has 16 heavy (non-hydrogen) atoms. The van der Waals surface area contributed by atoms with Crippen molar-refractivity contribution in [1.82, 2.24) is 4.98 Å². The van der Waals surface area contributed by atoms with E-state index in [0.717, 1.165) is 17.2 Å². The summed E-state index contributed by atoms with van der Waals surface area (Å²) in [5.74, 6) is 0.955. The van der Waals surface area contributed by atoms with Gasteiger partial charge in [0.05, 0.1) is 16.2 Å². The molecule has 0 aliphatic carbocycles. The van der Waals surface area contributed by atoms with Crippen LogP contribution in [0, 0.1) is 0 Å². The van der Waals surface area contributed by atoms with Gasteiger partial charge in [0.25, 0.3) is 0 Å². The summed E-state index contributed by atoms with van der Waals surface area (Å²) >= 11 is 7.44. The highest BCUT2D eigenvalue weighted by atomic mass is 35.5. The normalized spacial score (nSPS) is 12.7. The molecule has 5 heteroatoms. The number of nitrogens with two attached hydrogens (primary N) is 1. The first kappa shape index (κ1) is 13.8. The topological polar surface area (TPSA) is 48.1 Å². The Bertz CT molecular complexity index is 295. The molecule has 1 heterocycles. The zero-order valence-electron chi connectivity index (χ0n) is 9.36. The fourth-order valence-corrected chi connectivity index (χ4v) is 2.24. The van der Waals surface area contributed by atoms with Crippen molar-refractivity contribution in [2.24, 2.45) is 5.73 Å². The zero-order chi connectivity index (χ0) is 11.8. The molecule has 0 saturated heterocycles. The van der Waals surface area contributed by atoms with E-state index in [4.69, 9.17) is 22.1 Å². The Morgan fingerprint density at radius 3 is 2.94 bits per heavy atom. The van der Waals surface area contributed by atoms with Crippen molar-refractivity contribution in [3.05, 3.63) is 23.4 Å². The molecular formula is C11H17ClN2OS. The lowest BCUT2D eigenvalue weighted by atomic mass is 10.3. The second kappa shape index (κ2) is 7.90. The molecule has 0 aliphatic heterocycles. The molecule has 0 saturated carbocycles. The average Bonchev–Trinajstić information content (AvgIpc) is 2.30. The van der Waals surface area contributed by atoms with Crippen LogP contribution in [0.2, 0.25) is 5.02 Å². The monoisotopic (exact) mass is 260 g/mol. The highest BCUT2D eigenvalue weighted by Gasteiger charge is 2.06. The summed E-state index contributed by atoms with van der Waals surface area (Å²) in [6.07, 6.45) is 2.76. The first-order valence-electron chi connectivity index (χ1n) is 5.32. The largest absolute Gasteiger partial charge is 0.377 e. The molecule has 0 aliphatic rings. The third kappa shape index (κ3) is 5.16. The number of hydrogen-bond donors (Lipinski definition) is 1. The maximum Gasteiger partial charge on any atom is 0.0960 e. The Labute approximate surface area is 106 Å². The lowest BCUT2D eigenvalue weighted by Crippen LogP contribution is -2.24. The molecule has 1 atom stereocenters. The van der Waals surface area contributed by atoms with Crippen LogP contribution in [0.1, 0.15) is 13.3 Å². The predicted molar refractivity (Wildman–Crippen MR) is 69.1 cm³/mol. The van der Waals surface area contributed by atoms with E-state index in [9.17, 15) is 0 Å². The average molecular weight is 261 g/mol. The van der Waals surface area contributed by atoms with Crippen molar-refractivity contribution < 1.29 is 4.74 Å². The molecule has 1 aromatic rings. The number of thioether (sulfide) groups is 1. The van der Waals surface area contributed by atoms with Crippen LogP contribution in [0.3, 0.4) is 0 Å². The lowest BCUT2D eigenvalue weighted by molar-refractivity contribution is 0.0674. The van der Waals surface area contributed by atoms with Gasteiger partial charge < -0.3 is 10.5 Å². The number of aromatic nitrogens is 1. The van der Waals surface area contributed by atoms with E-state index in [-0.39, 0.29) is 6.10 Å². The molecule has 0 amide bonds. The van der Waals surface area contributed by atoms with E-state index in [1.165, 1.54) is 0 Å². The third-order valence-corrected chi connectivity index (χ3v) is 3.26. The fraction of sp³-hybridized carbons (Fsp3) is 0.545. The van der Waals surface area contributed by atoms with Crippen LogP contribution in [0.4, 0.5) is 0 Å². The fourth-order valence-electron chi connectivity index (χ4n) is 1.25. The van der Waals surface area contributed by atoms with Gasteiger partial charge in [-0.05, 0) is 25.5 Å². The van der Waals surface area contributed by atoms with E-state index < -0.39 is 0 Å². The van der Waals surface area contributed by atoms with Gasteiger partial charge in [-0.25, -0.2) is 4.98 Å². The van der Waals surface area contributed by atoms with Crippen LogP contribution in [-0.2, 0) is 4.74 Å². The maximum absolute atomic E-state index is 5.75. The minimum atomic E-state index is 0.157. The molecule has 1 unspecified atom stereocenters. The van der Waals surface area contributed by atoms with E-state index >= 15 is 0 Å². The molecule has 1 rings (SSSR count). The second-order valence-electron chi connectivity index (χ2n) is 3.26. The van der Waals surface area contributed by atoms with Crippen LogP contribution in [0.5, 0.6) is 0 Å². The number of ether oxygens (including phenoxy) is 1. The van der Waals surface area contributed by atoms with E-state index in [1.807, 2.05) is 19.1 Å². The Balaban J connectivity index is 2.26. The van der Waals surface area contributed by atoms with Crippen LogP contribution < -0.4 is 5.73 Å². The highest BCUT2D eigenvalue weighted by molar-refractivity contribution is 7.99. The van der Waals surface area contributed by atoms with Crippen molar-refractivity contribution in [3.8, 4) is 0 Å². The van der Waals surface area contributed by atoms with Crippen LogP contribution >= 0.6 is 23.4 Å². The summed E-state index contributed by atoms with van der Waals surface area (Å²) in [4.78, 5) is 4.21. The summed E-state index contributed by atoms with van der Waals surface area (Å²) in [5.41, 5.74) is 5.59. The van der Waals surface area contributed by atoms with Crippen LogP contribution in [-0.4, -0.2) is 30.0 Å². The summed E-state index contributed by atoms with van der Waals surface area (Å²) < 4.78 is 5.47. The molecule has 0 radical (unpaired) electrons. The number of nitrogens with zero attached hydrogens (tertiary/aromatic N) is 1. The lowest BCUT2D eigenvalue weighted by Gasteiger charge is -2.13. The second-order valence-corrected chi connectivity index (χ2v) is 4.82. The van der Waals surface area contributed by atoms with Gasteiger partial charge in [0.15, 0.2) is 0 Å². The number of rotatable bonds is 7. The number of halogens is 1. The van der Waals surface area contributed by atoms with Gasteiger partial charge in [-0.3, -0.25) is 0 Å². The number of hydrogen-bond acceptors (Lipinski definition) is 4. The predicted octanol–water partition coefficient (Wildman–Crippen LogP) is 2.58. The zero-order valence-corrected chi connectivity index (χ0v) is 10.9. The van der Waals surface area contributed by atoms with Gasteiger partial charge in [-0.15, -0.1) is 11.8 Å². The van der Waals surface area contributed by atoms with E-state index in [2.05, 4.69) is 4.98 Å². The van der Waals surface area contributed by atoms with Crippen LogP contribution in [0.15, 0.2) is 23.4 Å². The molecular weight excluding hydrogens is 244 g/mol.